The molecular formula is C26H25N5O4. The molecule has 2 aromatic carbocycles. The highest BCUT2D eigenvalue weighted by atomic mass is 16.5. The number of nitrogens with two attached hydrogens (primary N) is 1. The molecule has 1 fully saturated rings. The molecule has 1 saturated heterocycles. The molecule has 1 aliphatic rings. The van der Waals surface area contributed by atoms with Gasteiger partial charge in [-0.2, -0.15) is 5.10 Å². The number of methoxy groups -OCH3 is 1. The molecule has 3 N–H and O–H groups in total. The van der Waals surface area contributed by atoms with Crippen LogP contribution >= 0.6 is 0 Å². The maximum atomic E-state index is 12.4. The number of imidazole rings is 1. The van der Waals surface area contributed by atoms with Crippen LogP contribution in [0.4, 0.5) is 0 Å². The predicted octanol–water partition coefficient (Wildman–Crippen LogP) is 3.73. The van der Waals surface area contributed by atoms with Gasteiger partial charge in [0.1, 0.15) is 11.4 Å². The number of fused-ring (bicyclic) bond motifs is 1. The van der Waals surface area contributed by atoms with E-state index < -0.39 is 5.91 Å². The maximum Gasteiger partial charge on any atom is 0.269 e. The number of ether oxygens (including phenoxy) is 2. The number of hydrogen-bond acceptors (Lipinski definition) is 5. The average Bonchev–Trinajstić information content (AvgIpc) is 3.59. The molecule has 4 aromatic rings. The minimum Gasteiger partial charge on any atom is -0.493 e. The van der Waals surface area contributed by atoms with Gasteiger partial charge in [-0.3, -0.25) is 9.59 Å². The summed E-state index contributed by atoms with van der Waals surface area (Å²) in [6, 6.07) is 14.7. The lowest BCUT2D eigenvalue weighted by molar-refractivity contribution is -0.125. The molecule has 0 radical (unpaired) electrons. The zero-order valence-electron chi connectivity index (χ0n) is 19.2. The number of aromatic amines is 1. The van der Waals surface area contributed by atoms with Gasteiger partial charge in [-0.05, 0) is 48.9 Å². The van der Waals surface area contributed by atoms with Gasteiger partial charge in [-0.15, -0.1) is 0 Å². The van der Waals surface area contributed by atoms with E-state index in [9.17, 15) is 9.59 Å². The van der Waals surface area contributed by atoms with Crippen LogP contribution in [0, 0.1) is 0 Å². The third-order valence-electron chi connectivity index (χ3n) is 6.28. The number of amides is 2. The second kappa shape index (κ2) is 9.02. The molecule has 9 heteroatoms. The fraction of sp³-hybridized carbons (Fsp3) is 0.192. The highest BCUT2D eigenvalue weighted by Gasteiger charge is 2.30. The molecule has 1 atom stereocenters. The molecular weight excluding hydrogens is 446 g/mol. The van der Waals surface area contributed by atoms with Crippen LogP contribution in [0.5, 0.6) is 17.2 Å². The Morgan fingerprint density at radius 1 is 1.17 bits per heavy atom. The Labute approximate surface area is 201 Å². The van der Waals surface area contributed by atoms with E-state index in [0.29, 0.717) is 41.7 Å². The normalized spacial score (nSPS) is 15.3. The largest absolute Gasteiger partial charge is 0.493 e. The van der Waals surface area contributed by atoms with Crippen LogP contribution in [0.2, 0.25) is 0 Å². The van der Waals surface area contributed by atoms with Crippen LogP contribution in [0.3, 0.4) is 0 Å². The minimum atomic E-state index is -0.592. The third-order valence-corrected chi connectivity index (χ3v) is 6.28. The molecule has 0 bridgehead atoms. The number of primary amides is 1. The standard InChI is InChI=1S/C26H25N5O4/c1-3-22(32)30-13-12-17(15-30)19-14-28-31-24(25(27)33)23(29-26(19)31)16-8-10-18(11-9-16)35-21-7-5-4-6-20(21)34-2/h3-11,14,17,29H,1,12-13,15H2,2H3,(H2,27,33). The van der Waals surface area contributed by atoms with Crippen molar-refractivity contribution < 1.29 is 19.1 Å². The summed E-state index contributed by atoms with van der Waals surface area (Å²) < 4.78 is 12.8. The summed E-state index contributed by atoms with van der Waals surface area (Å²) in [7, 11) is 1.59. The Kier molecular flexibility index (Phi) is 5.74. The third kappa shape index (κ3) is 4.01. The predicted molar refractivity (Wildman–Crippen MR) is 131 cm³/mol. The molecule has 35 heavy (non-hydrogen) atoms. The lowest BCUT2D eigenvalue weighted by Gasteiger charge is -2.13. The highest BCUT2D eigenvalue weighted by Crippen LogP contribution is 2.35. The molecule has 1 aliphatic heterocycles. The van der Waals surface area contributed by atoms with Gasteiger partial charge in [0.2, 0.25) is 5.91 Å². The zero-order valence-corrected chi connectivity index (χ0v) is 19.2. The van der Waals surface area contributed by atoms with Crippen molar-refractivity contribution in [2.75, 3.05) is 20.2 Å². The van der Waals surface area contributed by atoms with E-state index in [1.807, 2.05) is 48.5 Å². The summed E-state index contributed by atoms with van der Waals surface area (Å²) in [6.07, 6.45) is 3.87. The monoisotopic (exact) mass is 471 g/mol. The molecule has 0 aliphatic carbocycles. The van der Waals surface area contributed by atoms with Crippen molar-refractivity contribution in [3.8, 4) is 28.5 Å². The summed E-state index contributed by atoms with van der Waals surface area (Å²) in [5, 5.41) is 4.44. The average molecular weight is 472 g/mol. The topological polar surface area (TPSA) is 115 Å². The molecule has 2 amide bonds. The van der Waals surface area contributed by atoms with Gasteiger partial charge in [0.15, 0.2) is 17.2 Å². The summed E-state index contributed by atoms with van der Waals surface area (Å²) in [5.41, 5.74) is 8.98. The second-order valence-electron chi connectivity index (χ2n) is 8.32. The number of H-pyrrole nitrogens is 1. The van der Waals surface area contributed by atoms with Gasteiger partial charge in [-0.25, -0.2) is 4.52 Å². The first kappa shape index (κ1) is 22.3. The van der Waals surface area contributed by atoms with Crippen molar-refractivity contribution in [1.82, 2.24) is 19.5 Å². The lowest BCUT2D eigenvalue weighted by atomic mass is 10.0. The fourth-order valence-electron chi connectivity index (χ4n) is 4.54. The Morgan fingerprint density at radius 3 is 2.60 bits per heavy atom. The van der Waals surface area contributed by atoms with E-state index in [-0.39, 0.29) is 17.5 Å². The second-order valence-corrected chi connectivity index (χ2v) is 8.32. The van der Waals surface area contributed by atoms with Crippen molar-refractivity contribution in [3.05, 3.63) is 78.6 Å². The van der Waals surface area contributed by atoms with Gasteiger partial charge in [0, 0.05) is 30.1 Å². The molecule has 178 valence electrons. The molecule has 1 unspecified atom stereocenters. The lowest BCUT2D eigenvalue weighted by Crippen LogP contribution is -2.26. The van der Waals surface area contributed by atoms with Crippen LogP contribution in [-0.2, 0) is 4.79 Å². The number of benzene rings is 2. The zero-order chi connectivity index (χ0) is 24.5. The van der Waals surface area contributed by atoms with E-state index in [2.05, 4.69) is 16.7 Å². The maximum absolute atomic E-state index is 12.4. The molecule has 2 aromatic heterocycles. The van der Waals surface area contributed by atoms with Crippen molar-refractivity contribution in [1.29, 1.82) is 0 Å². The Balaban J connectivity index is 1.46. The SMILES string of the molecule is C=CC(=O)N1CCC(c2cnn3c(C(N)=O)c(-c4ccc(Oc5ccccc5OC)cc4)[nH]c23)C1. The van der Waals surface area contributed by atoms with Gasteiger partial charge in [0.05, 0.1) is 19.0 Å². The Hall–Kier alpha value is -4.53. The van der Waals surface area contributed by atoms with Gasteiger partial charge in [0.25, 0.3) is 5.91 Å². The smallest absolute Gasteiger partial charge is 0.269 e. The molecule has 5 rings (SSSR count). The quantitative estimate of drug-likeness (QED) is 0.399. The van der Waals surface area contributed by atoms with Crippen molar-refractivity contribution in [2.24, 2.45) is 5.73 Å². The number of rotatable bonds is 7. The Morgan fingerprint density at radius 2 is 1.91 bits per heavy atom. The summed E-state index contributed by atoms with van der Waals surface area (Å²) in [6.45, 7) is 4.79. The Bertz CT molecular complexity index is 1420. The number of aromatic nitrogens is 3. The van der Waals surface area contributed by atoms with Crippen LogP contribution in [0.25, 0.3) is 16.9 Å². The van der Waals surface area contributed by atoms with E-state index in [1.165, 1.54) is 6.08 Å². The number of nitrogens with one attached hydrogen (secondary N) is 1. The first-order chi connectivity index (χ1) is 17.0. The first-order valence-electron chi connectivity index (χ1n) is 11.2. The van der Waals surface area contributed by atoms with Crippen LogP contribution < -0.4 is 15.2 Å². The van der Waals surface area contributed by atoms with Crippen molar-refractivity contribution in [2.45, 2.75) is 12.3 Å². The molecule has 3 heterocycles. The number of para-hydroxylation sites is 2. The van der Waals surface area contributed by atoms with Crippen LogP contribution in [0.15, 0.2) is 67.4 Å². The van der Waals surface area contributed by atoms with Gasteiger partial charge in [-0.1, -0.05) is 18.7 Å². The fourth-order valence-corrected chi connectivity index (χ4v) is 4.54. The van der Waals surface area contributed by atoms with Gasteiger partial charge >= 0.3 is 0 Å². The first-order valence-corrected chi connectivity index (χ1v) is 11.2. The van der Waals surface area contributed by atoms with Crippen molar-refractivity contribution >= 4 is 17.5 Å². The van der Waals surface area contributed by atoms with E-state index >= 15 is 0 Å². The number of hydrogen-bond donors (Lipinski definition) is 2. The van der Waals surface area contributed by atoms with Gasteiger partial charge < -0.3 is 25.1 Å². The molecule has 9 nitrogen and oxygen atoms in total. The van der Waals surface area contributed by atoms with Crippen LogP contribution in [-0.4, -0.2) is 51.5 Å². The summed E-state index contributed by atoms with van der Waals surface area (Å²) >= 11 is 0. The number of likely N-dealkylation sites (tertiary alicyclic amines) is 1. The number of carbonyl (C=O) groups is 2. The number of carbonyl (C=O) groups excluding carboxylic acids is 2. The summed E-state index contributed by atoms with van der Waals surface area (Å²) in [5.74, 6) is 1.27. The van der Waals surface area contributed by atoms with E-state index in [0.717, 1.165) is 17.5 Å². The van der Waals surface area contributed by atoms with Crippen molar-refractivity contribution in [3.63, 3.8) is 0 Å². The van der Waals surface area contributed by atoms with Crippen LogP contribution in [0.1, 0.15) is 28.4 Å². The molecule has 0 saturated carbocycles. The number of nitrogens with zero attached hydrogens (tertiary/aromatic N) is 3. The van der Waals surface area contributed by atoms with E-state index in [1.54, 1.807) is 22.7 Å². The summed E-state index contributed by atoms with van der Waals surface area (Å²) in [4.78, 5) is 29.5. The highest BCUT2D eigenvalue weighted by molar-refractivity contribution is 5.98. The minimum absolute atomic E-state index is 0.0867. The molecule has 0 spiro atoms. The van der Waals surface area contributed by atoms with E-state index in [4.69, 9.17) is 15.2 Å².